The first kappa shape index (κ1) is 26.6. The van der Waals surface area contributed by atoms with Gasteiger partial charge in [-0.3, -0.25) is 20.4 Å². The summed E-state index contributed by atoms with van der Waals surface area (Å²) in [5.74, 6) is 0.757. The average Bonchev–Trinajstić information content (AvgIpc) is 3.30. The molecule has 0 saturated heterocycles. The first-order chi connectivity index (χ1) is 17.5. The molecule has 12 nitrogen and oxygen atoms in total. The van der Waals surface area contributed by atoms with Crippen molar-refractivity contribution < 1.29 is 9.59 Å². The molecule has 198 valence electrons. The molecule has 0 unspecified atom stereocenters. The van der Waals surface area contributed by atoms with Crippen molar-refractivity contribution in [2.24, 2.45) is 0 Å². The number of fused-ring (bicyclic) bond motifs is 5. The van der Waals surface area contributed by atoms with Crippen molar-refractivity contribution in [3.8, 4) is 0 Å². The Kier molecular flexibility index (Phi) is 9.73. The van der Waals surface area contributed by atoms with E-state index in [9.17, 15) is 19.2 Å². The van der Waals surface area contributed by atoms with Crippen LogP contribution < -0.4 is 22.2 Å². The number of aryl methyl sites for hydroxylation is 2. The van der Waals surface area contributed by atoms with Gasteiger partial charge in [-0.15, -0.1) is 10.2 Å². The molecule has 2 aliphatic rings. The second kappa shape index (κ2) is 13.2. The summed E-state index contributed by atoms with van der Waals surface area (Å²) in [5.41, 5.74) is 4.76. The van der Waals surface area contributed by atoms with E-state index in [1.165, 1.54) is 42.2 Å². The van der Waals surface area contributed by atoms with Crippen molar-refractivity contribution in [2.75, 3.05) is 22.4 Å². The zero-order chi connectivity index (χ0) is 25.3. The fourth-order valence-corrected chi connectivity index (χ4v) is 6.08. The van der Waals surface area contributed by atoms with Crippen molar-refractivity contribution in [3.63, 3.8) is 0 Å². The molecule has 0 radical (unpaired) electrons. The molecular formula is C22H34N8O4S2. The minimum atomic E-state index is -0.367. The van der Waals surface area contributed by atoms with E-state index in [1.807, 2.05) is 0 Å². The van der Waals surface area contributed by atoms with E-state index in [0.29, 0.717) is 60.6 Å². The summed E-state index contributed by atoms with van der Waals surface area (Å²) < 4.78 is 5.25. The lowest BCUT2D eigenvalue weighted by Crippen LogP contribution is -2.35. The van der Waals surface area contributed by atoms with Gasteiger partial charge in [0.25, 0.3) is 0 Å². The van der Waals surface area contributed by atoms with Gasteiger partial charge in [-0.1, -0.05) is 62.0 Å². The molecule has 0 aromatic carbocycles. The largest absolute Gasteiger partial charge is 0.365 e. The van der Waals surface area contributed by atoms with Crippen molar-refractivity contribution >= 4 is 35.3 Å². The van der Waals surface area contributed by atoms with Crippen LogP contribution in [0.3, 0.4) is 0 Å². The Morgan fingerprint density at radius 1 is 0.556 bits per heavy atom. The molecule has 0 aliphatic carbocycles. The van der Waals surface area contributed by atoms with E-state index in [0.717, 1.165) is 51.4 Å². The van der Waals surface area contributed by atoms with Gasteiger partial charge in [0.2, 0.25) is 22.1 Å². The quantitative estimate of drug-likeness (QED) is 0.520. The number of rotatable bonds is 0. The number of hydrogen-bond acceptors (Lipinski definition) is 8. The van der Waals surface area contributed by atoms with E-state index < -0.39 is 0 Å². The summed E-state index contributed by atoms with van der Waals surface area (Å²) >= 11 is 2.71. The molecule has 2 aromatic rings. The lowest BCUT2D eigenvalue weighted by Gasteiger charge is -2.09. The molecule has 0 fully saturated rings. The number of nitrogens with one attached hydrogen (secondary N) is 2. The smallest absolute Gasteiger partial charge is 0.273 e. The van der Waals surface area contributed by atoms with Crippen molar-refractivity contribution in [1.82, 2.24) is 28.9 Å². The second-order valence-electron chi connectivity index (χ2n) is 9.05. The number of thioether (sulfide) groups is 2. The molecule has 0 saturated carbocycles. The summed E-state index contributed by atoms with van der Waals surface area (Å²) in [6, 6.07) is 0. The Morgan fingerprint density at radius 2 is 0.944 bits per heavy atom. The lowest BCUT2D eigenvalue weighted by atomic mass is 10.1. The van der Waals surface area contributed by atoms with Crippen LogP contribution in [0.2, 0.25) is 0 Å². The van der Waals surface area contributed by atoms with E-state index in [2.05, 4.69) is 21.0 Å². The minimum Gasteiger partial charge on any atom is -0.273 e. The van der Waals surface area contributed by atoms with Gasteiger partial charge in [-0.25, -0.2) is 19.0 Å². The molecule has 14 heteroatoms. The van der Waals surface area contributed by atoms with Gasteiger partial charge in [0.15, 0.2) is 0 Å². The Bertz CT molecular complexity index is 1080. The highest BCUT2D eigenvalue weighted by Crippen LogP contribution is 2.20. The van der Waals surface area contributed by atoms with Gasteiger partial charge in [-0.2, -0.15) is 9.35 Å². The van der Waals surface area contributed by atoms with Gasteiger partial charge in [0.1, 0.15) is 0 Å². The Morgan fingerprint density at radius 3 is 1.36 bits per heavy atom. The zero-order valence-electron chi connectivity index (χ0n) is 20.4. The van der Waals surface area contributed by atoms with Crippen LogP contribution in [-0.4, -0.2) is 52.2 Å². The topological polar surface area (TPSA) is 138 Å². The molecule has 4 rings (SSSR count). The normalized spacial score (nSPS) is 19.6. The van der Waals surface area contributed by atoms with Crippen LogP contribution in [0.25, 0.3) is 0 Å². The molecule has 4 bridgehead atoms. The third-order valence-electron chi connectivity index (χ3n) is 6.19. The van der Waals surface area contributed by atoms with Crippen LogP contribution in [0.4, 0.5) is 0 Å². The van der Waals surface area contributed by atoms with Crippen molar-refractivity contribution in [2.45, 2.75) is 100 Å². The fourth-order valence-electron chi connectivity index (χ4n) is 4.23. The van der Waals surface area contributed by atoms with Crippen LogP contribution in [0.15, 0.2) is 19.9 Å². The number of carbonyl (C=O) groups excluding carboxylic acids is 2. The molecule has 0 atom stereocenters. The van der Waals surface area contributed by atoms with Gasteiger partial charge >= 0.3 is 11.4 Å². The lowest BCUT2D eigenvalue weighted by molar-refractivity contribution is -0.118. The molecule has 0 spiro atoms. The van der Waals surface area contributed by atoms with Crippen molar-refractivity contribution in [1.29, 1.82) is 0 Å². The standard InChI is InChI=1S/C22H34N8O4S2/c31-17-11-7-5-3-1-2-4-6-8-12-18(32)24-30-20-26-28(22(30)34)14-10-9-13-27-21(33)29(23-17)19(25-27)35-15-16-36-20/h1-16H2,(H,23,31)(H,24,32). The summed E-state index contributed by atoms with van der Waals surface area (Å²) in [6.45, 7) is 0.728. The summed E-state index contributed by atoms with van der Waals surface area (Å²) in [4.78, 5) is 51.0. The SMILES string of the molecule is O=C1CCCCCCCCCCC(=O)Nn2c3nn(c2=O)CCCCn2nc(n(c2=O)N1)SCCS3. The highest BCUT2D eigenvalue weighted by molar-refractivity contribution is 8.02. The number of carbonyl (C=O) groups is 2. The maximum Gasteiger partial charge on any atom is 0.365 e. The Balaban J connectivity index is 1.57. The first-order valence-corrected chi connectivity index (χ1v) is 14.7. The highest BCUT2D eigenvalue weighted by atomic mass is 32.2. The molecule has 4 heterocycles. The number of hydrogen-bond donors (Lipinski definition) is 2. The second-order valence-corrected chi connectivity index (χ2v) is 11.2. The summed E-state index contributed by atoms with van der Waals surface area (Å²) in [5, 5.41) is 9.77. The third-order valence-corrected chi connectivity index (χ3v) is 8.31. The Labute approximate surface area is 217 Å². The van der Waals surface area contributed by atoms with E-state index in [1.54, 1.807) is 0 Å². The number of nitrogens with zero attached hydrogens (tertiary/aromatic N) is 6. The van der Waals surface area contributed by atoms with Crippen LogP contribution in [0, 0.1) is 0 Å². The maximum absolute atomic E-state index is 12.9. The number of amides is 2. The predicted octanol–water partition coefficient (Wildman–Crippen LogP) is 2.14. The average molecular weight is 539 g/mol. The molecule has 2 amide bonds. The van der Waals surface area contributed by atoms with Crippen LogP contribution in [-0.2, 0) is 22.7 Å². The molecule has 2 aliphatic heterocycles. The first-order valence-electron chi connectivity index (χ1n) is 12.8. The third kappa shape index (κ3) is 7.05. The van der Waals surface area contributed by atoms with Crippen LogP contribution in [0.5, 0.6) is 0 Å². The number of aromatic nitrogens is 6. The monoisotopic (exact) mass is 538 g/mol. The van der Waals surface area contributed by atoms with E-state index >= 15 is 0 Å². The summed E-state index contributed by atoms with van der Waals surface area (Å²) in [6.07, 6.45) is 9.72. The summed E-state index contributed by atoms with van der Waals surface area (Å²) in [7, 11) is 0. The van der Waals surface area contributed by atoms with Crippen LogP contribution >= 0.6 is 23.5 Å². The minimum absolute atomic E-state index is 0.183. The van der Waals surface area contributed by atoms with Crippen LogP contribution in [0.1, 0.15) is 77.0 Å². The van der Waals surface area contributed by atoms with Crippen molar-refractivity contribution in [3.05, 3.63) is 21.0 Å². The van der Waals surface area contributed by atoms with Gasteiger partial charge in [-0.05, 0) is 25.7 Å². The predicted molar refractivity (Wildman–Crippen MR) is 139 cm³/mol. The fraction of sp³-hybridized carbons (Fsp3) is 0.727. The molecule has 2 N–H and O–H groups in total. The maximum atomic E-state index is 12.9. The Hall–Kier alpha value is -2.48. The highest BCUT2D eigenvalue weighted by Gasteiger charge is 2.19. The van der Waals surface area contributed by atoms with E-state index in [4.69, 9.17) is 0 Å². The molecule has 2 aromatic heterocycles. The van der Waals surface area contributed by atoms with E-state index in [-0.39, 0.29) is 23.2 Å². The molecular weight excluding hydrogens is 504 g/mol. The van der Waals surface area contributed by atoms with Gasteiger partial charge in [0.05, 0.1) is 0 Å². The molecule has 36 heavy (non-hydrogen) atoms. The van der Waals surface area contributed by atoms with Gasteiger partial charge in [0, 0.05) is 37.4 Å². The zero-order valence-corrected chi connectivity index (χ0v) is 22.1. The van der Waals surface area contributed by atoms with Gasteiger partial charge < -0.3 is 0 Å².